The number of nitrogens with one attached hydrogen (secondary N) is 1. The first-order chi connectivity index (χ1) is 10.7. The van der Waals surface area contributed by atoms with Crippen LogP contribution in [0.25, 0.3) is 0 Å². The molecule has 0 saturated carbocycles. The maximum absolute atomic E-state index is 12.4. The molecule has 2 atom stereocenters. The second kappa shape index (κ2) is 6.78. The third kappa shape index (κ3) is 3.38. The van der Waals surface area contributed by atoms with Gasteiger partial charge in [-0.1, -0.05) is 61.5 Å². The molecule has 2 heteroatoms. The Balaban J connectivity index is 1.63. The molecule has 2 nitrogen and oxygen atoms in total. The van der Waals surface area contributed by atoms with Crippen LogP contribution in [0.15, 0.2) is 54.6 Å². The predicted molar refractivity (Wildman–Crippen MR) is 89.7 cm³/mol. The highest BCUT2D eigenvalue weighted by Gasteiger charge is 2.22. The van der Waals surface area contributed by atoms with Crippen LogP contribution in [0, 0.1) is 0 Å². The molecular formula is C20H23NO. The summed E-state index contributed by atoms with van der Waals surface area (Å²) in [5.74, 6) is 0.401. The summed E-state index contributed by atoms with van der Waals surface area (Å²) in [7, 11) is 0. The monoisotopic (exact) mass is 293 g/mol. The van der Waals surface area contributed by atoms with Crippen LogP contribution in [0.1, 0.15) is 54.8 Å². The maximum Gasteiger partial charge on any atom is 0.221 e. The fourth-order valence-electron chi connectivity index (χ4n) is 3.33. The van der Waals surface area contributed by atoms with Gasteiger partial charge in [0, 0.05) is 6.42 Å². The smallest absolute Gasteiger partial charge is 0.221 e. The minimum Gasteiger partial charge on any atom is -0.349 e. The van der Waals surface area contributed by atoms with Crippen LogP contribution < -0.4 is 5.32 Å². The SMILES string of the molecule is CC(CC(=O)NC1CCCc2ccccc21)c1ccccc1. The summed E-state index contributed by atoms with van der Waals surface area (Å²) in [6.45, 7) is 2.11. The Morgan fingerprint density at radius 2 is 1.86 bits per heavy atom. The molecule has 3 rings (SSSR count). The van der Waals surface area contributed by atoms with Gasteiger partial charge >= 0.3 is 0 Å². The molecule has 0 fully saturated rings. The number of benzene rings is 2. The van der Waals surface area contributed by atoms with Gasteiger partial charge in [0.1, 0.15) is 0 Å². The van der Waals surface area contributed by atoms with Crippen LogP contribution in [0.3, 0.4) is 0 Å². The third-order valence-corrected chi connectivity index (χ3v) is 4.56. The average molecular weight is 293 g/mol. The lowest BCUT2D eigenvalue weighted by atomic mass is 9.87. The number of hydrogen-bond acceptors (Lipinski definition) is 1. The van der Waals surface area contributed by atoms with E-state index in [1.807, 2.05) is 18.2 Å². The van der Waals surface area contributed by atoms with E-state index >= 15 is 0 Å². The van der Waals surface area contributed by atoms with Gasteiger partial charge in [0.25, 0.3) is 0 Å². The topological polar surface area (TPSA) is 29.1 Å². The number of carbonyl (C=O) groups excluding carboxylic acids is 1. The van der Waals surface area contributed by atoms with Gasteiger partial charge in [0.05, 0.1) is 6.04 Å². The van der Waals surface area contributed by atoms with E-state index in [2.05, 4.69) is 48.6 Å². The van der Waals surface area contributed by atoms with Crippen LogP contribution in [-0.2, 0) is 11.2 Å². The van der Waals surface area contributed by atoms with E-state index in [-0.39, 0.29) is 17.9 Å². The number of hydrogen-bond donors (Lipinski definition) is 1. The molecule has 1 N–H and O–H groups in total. The molecule has 114 valence electrons. The fraction of sp³-hybridized carbons (Fsp3) is 0.350. The largest absolute Gasteiger partial charge is 0.349 e. The predicted octanol–water partition coefficient (Wildman–Crippen LogP) is 4.37. The van der Waals surface area contributed by atoms with Crippen LogP contribution in [-0.4, -0.2) is 5.91 Å². The van der Waals surface area contributed by atoms with Gasteiger partial charge < -0.3 is 5.32 Å². The van der Waals surface area contributed by atoms with Crippen LogP contribution in [0.4, 0.5) is 0 Å². The number of rotatable bonds is 4. The summed E-state index contributed by atoms with van der Waals surface area (Å²) >= 11 is 0. The summed E-state index contributed by atoms with van der Waals surface area (Å²) < 4.78 is 0. The van der Waals surface area contributed by atoms with Gasteiger partial charge in [-0.3, -0.25) is 4.79 Å². The quantitative estimate of drug-likeness (QED) is 0.891. The van der Waals surface area contributed by atoms with Gasteiger partial charge in [-0.25, -0.2) is 0 Å². The lowest BCUT2D eigenvalue weighted by Crippen LogP contribution is -2.31. The van der Waals surface area contributed by atoms with Gasteiger partial charge in [-0.05, 0) is 41.9 Å². The molecule has 22 heavy (non-hydrogen) atoms. The Morgan fingerprint density at radius 1 is 1.14 bits per heavy atom. The maximum atomic E-state index is 12.4. The molecule has 0 radical (unpaired) electrons. The molecular weight excluding hydrogens is 270 g/mol. The van der Waals surface area contributed by atoms with Gasteiger partial charge in [-0.15, -0.1) is 0 Å². The Hall–Kier alpha value is -2.09. The third-order valence-electron chi connectivity index (χ3n) is 4.56. The van der Waals surface area contributed by atoms with Crippen molar-refractivity contribution in [2.45, 2.75) is 44.6 Å². The molecule has 0 bridgehead atoms. The zero-order chi connectivity index (χ0) is 15.4. The Kier molecular flexibility index (Phi) is 4.57. The van der Waals surface area contributed by atoms with Gasteiger partial charge in [-0.2, -0.15) is 0 Å². The van der Waals surface area contributed by atoms with Crippen molar-refractivity contribution in [1.29, 1.82) is 0 Å². The average Bonchev–Trinajstić information content (AvgIpc) is 2.56. The van der Waals surface area contributed by atoms with Gasteiger partial charge in [0.15, 0.2) is 0 Å². The van der Waals surface area contributed by atoms with Crippen molar-refractivity contribution in [3.63, 3.8) is 0 Å². The van der Waals surface area contributed by atoms with Crippen LogP contribution in [0.2, 0.25) is 0 Å². The summed E-state index contributed by atoms with van der Waals surface area (Å²) in [5, 5.41) is 3.24. The standard InChI is InChI=1S/C20H23NO/c1-15(16-8-3-2-4-9-16)14-20(22)21-19-13-7-11-17-10-5-6-12-18(17)19/h2-6,8-10,12,15,19H,7,11,13-14H2,1H3,(H,21,22). The minimum absolute atomic E-state index is 0.151. The van der Waals surface area contributed by atoms with E-state index in [9.17, 15) is 4.79 Å². The Labute approximate surface area is 132 Å². The molecule has 0 saturated heterocycles. The van der Waals surface area contributed by atoms with Crippen molar-refractivity contribution in [2.75, 3.05) is 0 Å². The van der Waals surface area contributed by atoms with Crippen molar-refractivity contribution >= 4 is 5.91 Å². The zero-order valence-corrected chi connectivity index (χ0v) is 13.1. The van der Waals surface area contributed by atoms with E-state index in [0.717, 1.165) is 19.3 Å². The summed E-state index contributed by atoms with van der Waals surface area (Å²) in [6, 6.07) is 18.9. The van der Waals surface area contributed by atoms with E-state index < -0.39 is 0 Å². The lowest BCUT2D eigenvalue weighted by Gasteiger charge is -2.27. The Morgan fingerprint density at radius 3 is 2.68 bits per heavy atom. The highest BCUT2D eigenvalue weighted by molar-refractivity contribution is 5.77. The van der Waals surface area contributed by atoms with Crippen LogP contribution in [0.5, 0.6) is 0 Å². The summed E-state index contributed by atoms with van der Waals surface area (Å²) in [4.78, 5) is 12.4. The van der Waals surface area contributed by atoms with Crippen molar-refractivity contribution in [1.82, 2.24) is 5.32 Å². The number of amides is 1. The Bertz CT molecular complexity index is 635. The molecule has 1 aliphatic rings. The second-order valence-electron chi connectivity index (χ2n) is 6.23. The van der Waals surface area contributed by atoms with Gasteiger partial charge in [0.2, 0.25) is 5.91 Å². The fourth-order valence-corrected chi connectivity index (χ4v) is 3.33. The highest BCUT2D eigenvalue weighted by Crippen LogP contribution is 2.30. The molecule has 1 amide bonds. The zero-order valence-electron chi connectivity index (χ0n) is 13.1. The lowest BCUT2D eigenvalue weighted by molar-refractivity contribution is -0.122. The molecule has 0 heterocycles. The molecule has 2 unspecified atom stereocenters. The molecule has 0 aromatic heterocycles. The van der Waals surface area contributed by atoms with Crippen molar-refractivity contribution in [2.24, 2.45) is 0 Å². The normalized spacial score (nSPS) is 18.3. The van der Waals surface area contributed by atoms with E-state index in [4.69, 9.17) is 0 Å². The van der Waals surface area contributed by atoms with E-state index in [1.165, 1.54) is 16.7 Å². The summed E-state index contributed by atoms with van der Waals surface area (Å²) in [6.07, 6.45) is 3.87. The second-order valence-corrected chi connectivity index (χ2v) is 6.23. The number of carbonyl (C=O) groups is 1. The van der Waals surface area contributed by atoms with Crippen molar-refractivity contribution in [3.8, 4) is 0 Å². The first kappa shape index (κ1) is 14.8. The van der Waals surface area contributed by atoms with E-state index in [1.54, 1.807) is 0 Å². The summed E-state index contributed by atoms with van der Waals surface area (Å²) in [5.41, 5.74) is 3.91. The first-order valence-corrected chi connectivity index (χ1v) is 8.16. The minimum atomic E-state index is 0.151. The van der Waals surface area contributed by atoms with Crippen molar-refractivity contribution in [3.05, 3.63) is 71.3 Å². The molecule has 1 aliphatic carbocycles. The molecule has 2 aromatic rings. The van der Waals surface area contributed by atoms with E-state index in [0.29, 0.717) is 6.42 Å². The molecule has 0 aliphatic heterocycles. The van der Waals surface area contributed by atoms with Crippen molar-refractivity contribution < 1.29 is 4.79 Å². The highest BCUT2D eigenvalue weighted by atomic mass is 16.1. The van der Waals surface area contributed by atoms with Crippen LogP contribution >= 0.6 is 0 Å². The molecule has 0 spiro atoms. The number of fused-ring (bicyclic) bond motifs is 1. The first-order valence-electron chi connectivity index (χ1n) is 8.16. The number of aryl methyl sites for hydroxylation is 1. The molecule has 2 aromatic carbocycles.